The summed E-state index contributed by atoms with van der Waals surface area (Å²) in [6, 6.07) is 16.7. The van der Waals surface area contributed by atoms with Gasteiger partial charge in [-0.25, -0.2) is 18.7 Å². The number of carbonyl (C=O) groups excluding carboxylic acids is 1. The van der Waals surface area contributed by atoms with E-state index in [0.29, 0.717) is 38.9 Å². The quantitative estimate of drug-likeness (QED) is 0.397. The fraction of sp³-hybridized carbons (Fsp3) is 0.296. The van der Waals surface area contributed by atoms with Crippen LogP contribution >= 0.6 is 0 Å². The van der Waals surface area contributed by atoms with Crippen LogP contribution in [0, 0.1) is 11.6 Å². The summed E-state index contributed by atoms with van der Waals surface area (Å²) in [5.74, 6) is 0.504. The van der Waals surface area contributed by atoms with Gasteiger partial charge in [-0.2, -0.15) is 0 Å². The predicted octanol–water partition coefficient (Wildman–Crippen LogP) is 4.43. The molecule has 5 rings (SSSR count). The van der Waals surface area contributed by atoms with Gasteiger partial charge < -0.3 is 14.4 Å². The Balaban J connectivity index is 1.19. The van der Waals surface area contributed by atoms with Gasteiger partial charge in [-0.05, 0) is 60.5 Å². The highest BCUT2D eigenvalue weighted by Gasteiger charge is 2.21. The number of rotatable bonds is 7. The van der Waals surface area contributed by atoms with Gasteiger partial charge >= 0.3 is 0 Å². The lowest BCUT2D eigenvalue weighted by Gasteiger charge is -2.36. The maximum absolute atomic E-state index is 13.3. The van der Waals surface area contributed by atoms with E-state index in [2.05, 4.69) is 14.5 Å². The first kappa shape index (κ1) is 23.0. The van der Waals surface area contributed by atoms with Crippen LogP contribution < -0.4 is 4.90 Å². The van der Waals surface area contributed by atoms with E-state index in [4.69, 9.17) is 4.98 Å². The largest absolute Gasteiger partial charge is 0.368 e. The van der Waals surface area contributed by atoms with Gasteiger partial charge in [0, 0.05) is 50.9 Å². The van der Waals surface area contributed by atoms with Crippen LogP contribution in [0.5, 0.6) is 0 Å². The molecule has 0 unspecified atom stereocenters. The SMILES string of the molecule is O=C(CCCc1nc2cccnc2n1Cc1ccc(F)cc1)N1CCN(c2ccc(F)cc2)CC1. The average molecular weight is 476 g/mol. The third kappa shape index (κ3) is 5.31. The number of hydrogen-bond donors (Lipinski definition) is 0. The number of benzene rings is 2. The highest BCUT2D eigenvalue weighted by Crippen LogP contribution is 2.20. The summed E-state index contributed by atoms with van der Waals surface area (Å²) in [7, 11) is 0. The second kappa shape index (κ2) is 10.2. The molecule has 1 aliphatic heterocycles. The van der Waals surface area contributed by atoms with Gasteiger partial charge in [0.1, 0.15) is 23.0 Å². The van der Waals surface area contributed by atoms with E-state index >= 15 is 0 Å². The van der Waals surface area contributed by atoms with E-state index in [1.165, 1.54) is 24.3 Å². The Labute approximate surface area is 202 Å². The number of carbonyl (C=O) groups is 1. The number of aromatic nitrogens is 3. The van der Waals surface area contributed by atoms with Crippen LogP contribution in [0.1, 0.15) is 24.2 Å². The number of pyridine rings is 1. The van der Waals surface area contributed by atoms with Crippen LogP contribution in [-0.2, 0) is 17.8 Å². The molecule has 6 nitrogen and oxygen atoms in total. The Morgan fingerprint density at radius 2 is 1.57 bits per heavy atom. The normalized spacial score (nSPS) is 14.0. The number of halogens is 2. The highest BCUT2D eigenvalue weighted by molar-refractivity contribution is 5.76. The van der Waals surface area contributed by atoms with Gasteiger partial charge in [0.25, 0.3) is 0 Å². The summed E-state index contributed by atoms with van der Waals surface area (Å²) in [6.07, 6.45) is 3.52. The van der Waals surface area contributed by atoms with E-state index < -0.39 is 0 Å². The molecule has 0 atom stereocenters. The number of imidazole rings is 1. The zero-order valence-electron chi connectivity index (χ0n) is 19.4. The second-order valence-corrected chi connectivity index (χ2v) is 8.78. The van der Waals surface area contributed by atoms with Gasteiger partial charge in [-0.3, -0.25) is 4.79 Å². The number of piperazine rings is 1. The van der Waals surface area contributed by atoms with E-state index in [-0.39, 0.29) is 17.5 Å². The zero-order valence-corrected chi connectivity index (χ0v) is 19.4. The van der Waals surface area contributed by atoms with Crippen molar-refractivity contribution in [3.63, 3.8) is 0 Å². The van der Waals surface area contributed by atoms with Crippen molar-refractivity contribution in [3.05, 3.63) is 89.9 Å². The number of amides is 1. The lowest BCUT2D eigenvalue weighted by atomic mass is 10.1. The summed E-state index contributed by atoms with van der Waals surface area (Å²) in [6.45, 7) is 3.32. The van der Waals surface area contributed by atoms with Gasteiger partial charge in [0.05, 0.1) is 6.54 Å². The van der Waals surface area contributed by atoms with E-state index in [1.54, 1.807) is 30.5 Å². The standard InChI is InChI=1S/C27H27F2N5O/c28-21-8-6-20(7-9-21)19-34-25(31-24-3-2-14-30-27(24)34)4-1-5-26(35)33-17-15-32(16-18-33)23-12-10-22(29)11-13-23/h2-3,6-14H,1,4-5,15-19H2. The molecule has 1 amide bonds. The molecule has 1 aliphatic rings. The number of anilines is 1. The van der Waals surface area contributed by atoms with Gasteiger partial charge in [-0.1, -0.05) is 12.1 Å². The Morgan fingerprint density at radius 3 is 2.29 bits per heavy atom. The molecule has 2 aromatic carbocycles. The minimum atomic E-state index is -0.264. The number of nitrogens with zero attached hydrogens (tertiary/aromatic N) is 5. The van der Waals surface area contributed by atoms with Crippen molar-refractivity contribution in [1.82, 2.24) is 19.4 Å². The molecule has 0 bridgehead atoms. The van der Waals surface area contributed by atoms with Crippen LogP contribution in [0.25, 0.3) is 11.2 Å². The summed E-state index contributed by atoms with van der Waals surface area (Å²) in [5, 5.41) is 0. The Hall–Kier alpha value is -3.81. The minimum Gasteiger partial charge on any atom is -0.368 e. The second-order valence-electron chi connectivity index (χ2n) is 8.78. The molecule has 1 saturated heterocycles. The molecule has 0 radical (unpaired) electrons. The molecule has 180 valence electrons. The smallest absolute Gasteiger partial charge is 0.222 e. The fourth-order valence-corrected chi connectivity index (χ4v) is 4.56. The summed E-state index contributed by atoms with van der Waals surface area (Å²) in [5.41, 5.74) is 3.54. The molecule has 0 aliphatic carbocycles. The number of aryl methyl sites for hydroxylation is 1. The van der Waals surface area contributed by atoms with Crippen molar-refractivity contribution in [2.75, 3.05) is 31.1 Å². The van der Waals surface area contributed by atoms with Crippen molar-refractivity contribution in [2.24, 2.45) is 0 Å². The molecular weight excluding hydrogens is 448 g/mol. The molecule has 0 saturated carbocycles. The van der Waals surface area contributed by atoms with Crippen molar-refractivity contribution in [1.29, 1.82) is 0 Å². The van der Waals surface area contributed by atoms with Crippen molar-refractivity contribution in [2.45, 2.75) is 25.8 Å². The lowest BCUT2D eigenvalue weighted by molar-refractivity contribution is -0.131. The first-order valence-corrected chi connectivity index (χ1v) is 11.9. The summed E-state index contributed by atoms with van der Waals surface area (Å²) < 4.78 is 28.6. The molecule has 2 aromatic heterocycles. The van der Waals surface area contributed by atoms with Gasteiger partial charge in [0.2, 0.25) is 5.91 Å². The highest BCUT2D eigenvalue weighted by atomic mass is 19.1. The summed E-state index contributed by atoms with van der Waals surface area (Å²) >= 11 is 0. The zero-order chi connectivity index (χ0) is 24.2. The Kier molecular flexibility index (Phi) is 6.70. The Morgan fingerprint density at radius 1 is 0.886 bits per heavy atom. The molecule has 1 fully saturated rings. The van der Waals surface area contributed by atoms with Crippen LogP contribution in [-0.4, -0.2) is 51.5 Å². The first-order chi connectivity index (χ1) is 17.1. The van der Waals surface area contributed by atoms with Crippen LogP contribution in [0.3, 0.4) is 0 Å². The van der Waals surface area contributed by atoms with Crippen LogP contribution in [0.2, 0.25) is 0 Å². The topological polar surface area (TPSA) is 54.3 Å². The maximum atomic E-state index is 13.3. The average Bonchev–Trinajstić information content (AvgIpc) is 3.23. The maximum Gasteiger partial charge on any atom is 0.222 e. The minimum absolute atomic E-state index is 0.142. The van der Waals surface area contributed by atoms with Gasteiger partial charge in [-0.15, -0.1) is 0 Å². The monoisotopic (exact) mass is 475 g/mol. The Bertz CT molecular complexity index is 1300. The molecule has 8 heteroatoms. The molecule has 35 heavy (non-hydrogen) atoms. The third-order valence-electron chi connectivity index (χ3n) is 6.45. The fourth-order valence-electron chi connectivity index (χ4n) is 4.56. The first-order valence-electron chi connectivity index (χ1n) is 11.9. The van der Waals surface area contributed by atoms with Crippen molar-refractivity contribution >= 4 is 22.8 Å². The molecular formula is C27H27F2N5O. The number of hydrogen-bond acceptors (Lipinski definition) is 4. The molecule has 3 heterocycles. The van der Waals surface area contributed by atoms with Crippen molar-refractivity contribution in [3.8, 4) is 0 Å². The number of fused-ring (bicyclic) bond motifs is 1. The van der Waals surface area contributed by atoms with Crippen molar-refractivity contribution < 1.29 is 13.6 Å². The predicted molar refractivity (Wildman–Crippen MR) is 131 cm³/mol. The van der Waals surface area contributed by atoms with Gasteiger partial charge in [0.15, 0.2) is 5.65 Å². The molecule has 0 N–H and O–H groups in total. The van der Waals surface area contributed by atoms with E-state index in [9.17, 15) is 13.6 Å². The third-order valence-corrected chi connectivity index (χ3v) is 6.45. The summed E-state index contributed by atoms with van der Waals surface area (Å²) in [4.78, 5) is 26.2. The van der Waals surface area contributed by atoms with Crippen LogP contribution in [0.15, 0.2) is 66.9 Å². The molecule has 0 spiro atoms. The van der Waals surface area contributed by atoms with E-state index in [1.807, 2.05) is 17.0 Å². The lowest BCUT2D eigenvalue weighted by Crippen LogP contribution is -2.48. The molecule has 4 aromatic rings. The van der Waals surface area contributed by atoms with Crippen LogP contribution in [0.4, 0.5) is 14.5 Å². The van der Waals surface area contributed by atoms with E-state index in [0.717, 1.165) is 41.3 Å².